The molecule has 0 saturated heterocycles. The van der Waals surface area contributed by atoms with E-state index < -0.39 is 0 Å². The fourth-order valence-corrected chi connectivity index (χ4v) is 2.33. The Kier molecular flexibility index (Phi) is 3.95. The second-order valence-electron chi connectivity index (χ2n) is 4.14. The van der Waals surface area contributed by atoms with Gasteiger partial charge in [0.2, 0.25) is 0 Å². The van der Waals surface area contributed by atoms with E-state index in [-0.39, 0.29) is 5.78 Å². The van der Waals surface area contributed by atoms with Crippen LogP contribution in [0.25, 0.3) is 0 Å². The minimum absolute atomic E-state index is 0.0299. The van der Waals surface area contributed by atoms with Gasteiger partial charge in [-0.2, -0.15) is 0 Å². The molecule has 1 aromatic carbocycles. The van der Waals surface area contributed by atoms with Gasteiger partial charge in [0, 0.05) is 18.0 Å². The molecule has 0 bridgehead atoms. The number of ketones is 1. The Morgan fingerprint density at radius 1 is 1.28 bits per heavy atom. The number of thiophene rings is 1. The standard InChI is InChI=1S/C15H15NOS/c1-11-5-6-13(12(2)10-11)16-8-7-14(17)15-4-3-9-18-15/h3-10,16H,1-2H3/b8-7+. The smallest absolute Gasteiger partial charge is 0.197 e. The first-order valence-corrected chi connectivity index (χ1v) is 6.63. The van der Waals surface area contributed by atoms with Crippen LogP contribution in [-0.4, -0.2) is 5.78 Å². The topological polar surface area (TPSA) is 29.1 Å². The number of hydrogen-bond donors (Lipinski definition) is 1. The van der Waals surface area contributed by atoms with Crippen LogP contribution in [0.15, 0.2) is 48.0 Å². The Hall–Kier alpha value is -1.87. The summed E-state index contributed by atoms with van der Waals surface area (Å²) in [6.45, 7) is 4.11. The van der Waals surface area contributed by atoms with Crippen LogP contribution in [0.1, 0.15) is 20.8 Å². The molecule has 0 aliphatic heterocycles. The second kappa shape index (κ2) is 5.65. The molecular weight excluding hydrogens is 242 g/mol. The first-order valence-electron chi connectivity index (χ1n) is 5.75. The summed E-state index contributed by atoms with van der Waals surface area (Å²) in [7, 11) is 0. The lowest BCUT2D eigenvalue weighted by Gasteiger charge is -2.05. The van der Waals surface area contributed by atoms with E-state index in [1.807, 2.05) is 36.6 Å². The van der Waals surface area contributed by atoms with Crippen LogP contribution >= 0.6 is 11.3 Å². The molecule has 0 saturated carbocycles. The lowest BCUT2D eigenvalue weighted by atomic mass is 10.1. The Bertz CT molecular complexity index is 570. The van der Waals surface area contributed by atoms with E-state index in [0.29, 0.717) is 0 Å². The van der Waals surface area contributed by atoms with E-state index in [2.05, 4.69) is 18.3 Å². The maximum atomic E-state index is 11.7. The summed E-state index contributed by atoms with van der Waals surface area (Å²) >= 11 is 1.45. The largest absolute Gasteiger partial charge is 0.361 e. The van der Waals surface area contributed by atoms with E-state index in [1.54, 1.807) is 12.3 Å². The summed E-state index contributed by atoms with van der Waals surface area (Å²) in [5.41, 5.74) is 3.43. The normalized spacial score (nSPS) is 10.8. The summed E-state index contributed by atoms with van der Waals surface area (Å²) in [5.74, 6) is 0.0299. The Balaban J connectivity index is 2.01. The van der Waals surface area contributed by atoms with Crippen molar-refractivity contribution in [1.82, 2.24) is 0 Å². The van der Waals surface area contributed by atoms with Crippen LogP contribution in [0, 0.1) is 13.8 Å². The summed E-state index contributed by atoms with van der Waals surface area (Å²) in [5, 5.41) is 5.04. The average Bonchev–Trinajstić information content (AvgIpc) is 2.85. The number of carbonyl (C=O) groups excluding carboxylic acids is 1. The van der Waals surface area contributed by atoms with Crippen LogP contribution in [0.4, 0.5) is 5.69 Å². The molecule has 0 aliphatic rings. The molecule has 1 heterocycles. The van der Waals surface area contributed by atoms with E-state index in [4.69, 9.17) is 0 Å². The van der Waals surface area contributed by atoms with Crippen LogP contribution in [0.5, 0.6) is 0 Å². The van der Waals surface area contributed by atoms with Gasteiger partial charge in [0.05, 0.1) is 4.88 Å². The fraction of sp³-hybridized carbons (Fsp3) is 0.133. The molecule has 0 amide bonds. The van der Waals surface area contributed by atoms with Gasteiger partial charge in [0.15, 0.2) is 5.78 Å². The number of hydrogen-bond acceptors (Lipinski definition) is 3. The quantitative estimate of drug-likeness (QED) is 0.658. The van der Waals surface area contributed by atoms with Crippen molar-refractivity contribution in [2.24, 2.45) is 0 Å². The summed E-state index contributed by atoms with van der Waals surface area (Å²) in [6.07, 6.45) is 3.25. The maximum absolute atomic E-state index is 11.7. The molecule has 1 aromatic heterocycles. The summed E-state index contributed by atoms with van der Waals surface area (Å²) in [4.78, 5) is 12.5. The van der Waals surface area contributed by atoms with Gasteiger partial charge in [-0.25, -0.2) is 0 Å². The van der Waals surface area contributed by atoms with Crippen molar-refractivity contribution in [3.63, 3.8) is 0 Å². The van der Waals surface area contributed by atoms with Gasteiger partial charge < -0.3 is 5.32 Å². The van der Waals surface area contributed by atoms with Gasteiger partial charge in [-0.15, -0.1) is 11.3 Å². The van der Waals surface area contributed by atoms with Gasteiger partial charge in [-0.3, -0.25) is 4.79 Å². The van der Waals surface area contributed by atoms with Crippen molar-refractivity contribution in [2.75, 3.05) is 5.32 Å². The molecule has 0 fully saturated rings. The highest BCUT2D eigenvalue weighted by atomic mass is 32.1. The minimum Gasteiger partial charge on any atom is -0.361 e. The van der Waals surface area contributed by atoms with Gasteiger partial charge in [0.1, 0.15) is 0 Å². The highest BCUT2D eigenvalue weighted by Gasteiger charge is 2.01. The Morgan fingerprint density at radius 3 is 2.78 bits per heavy atom. The molecule has 2 nitrogen and oxygen atoms in total. The first kappa shape index (κ1) is 12.6. The van der Waals surface area contributed by atoms with Crippen molar-refractivity contribution in [3.05, 3.63) is 64.0 Å². The lowest BCUT2D eigenvalue weighted by Crippen LogP contribution is -1.95. The van der Waals surface area contributed by atoms with Crippen molar-refractivity contribution >= 4 is 22.8 Å². The molecule has 3 heteroatoms. The first-order chi connectivity index (χ1) is 8.66. The third-order valence-corrected chi connectivity index (χ3v) is 3.50. The predicted molar refractivity (Wildman–Crippen MR) is 77.3 cm³/mol. The van der Waals surface area contributed by atoms with Crippen molar-refractivity contribution < 1.29 is 4.79 Å². The monoisotopic (exact) mass is 257 g/mol. The van der Waals surface area contributed by atoms with Gasteiger partial charge in [0.25, 0.3) is 0 Å². The van der Waals surface area contributed by atoms with Gasteiger partial charge >= 0.3 is 0 Å². The van der Waals surface area contributed by atoms with E-state index in [9.17, 15) is 4.79 Å². The average molecular weight is 257 g/mol. The highest BCUT2D eigenvalue weighted by molar-refractivity contribution is 7.12. The van der Waals surface area contributed by atoms with Crippen molar-refractivity contribution in [1.29, 1.82) is 0 Å². The zero-order valence-corrected chi connectivity index (χ0v) is 11.3. The molecule has 0 unspecified atom stereocenters. The van der Waals surface area contributed by atoms with Gasteiger partial charge in [-0.05, 0) is 36.9 Å². The summed E-state index contributed by atoms with van der Waals surface area (Å²) < 4.78 is 0. The molecule has 0 aliphatic carbocycles. The maximum Gasteiger partial charge on any atom is 0.197 e. The third-order valence-electron chi connectivity index (χ3n) is 2.62. The number of anilines is 1. The third kappa shape index (κ3) is 3.08. The summed E-state index contributed by atoms with van der Waals surface area (Å²) in [6, 6.07) is 9.88. The van der Waals surface area contributed by atoms with Gasteiger partial charge in [-0.1, -0.05) is 23.8 Å². The molecule has 2 aromatic rings. The number of benzene rings is 1. The molecule has 0 spiro atoms. The Labute approximate surface area is 111 Å². The van der Waals surface area contributed by atoms with E-state index >= 15 is 0 Å². The predicted octanol–water partition coefficient (Wildman–Crippen LogP) is 4.17. The highest BCUT2D eigenvalue weighted by Crippen LogP contribution is 2.16. The zero-order chi connectivity index (χ0) is 13.0. The molecular formula is C15H15NOS. The van der Waals surface area contributed by atoms with Crippen LogP contribution in [-0.2, 0) is 0 Å². The SMILES string of the molecule is Cc1ccc(N/C=C/C(=O)c2cccs2)c(C)c1. The molecule has 18 heavy (non-hydrogen) atoms. The molecule has 2 rings (SSSR count). The molecule has 0 radical (unpaired) electrons. The van der Waals surface area contributed by atoms with Crippen molar-refractivity contribution in [2.45, 2.75) is 13.8 Å². The number of carbonyl (C=O) groups is 1. The number of aryl methyl sites for hydroxylation is 2. The Morgan fingerprint density at radius 2 is 2.11 bits per heavy atom. The van der Waals surface area contributed by atoms with Crippen LogP contribution in [0.3, 0.4) is 0 Å². The fourth-order valence-electron chi connectivity index (χ4n) is 1.68. The van der Waals surface area contributed by atoms with E-state index in [1.165, 1.54) is 22.5 Å². The van der Waals surface area contributed by atoms with Crippen LogP contribution < -0.4 is 5.32 Å². The van der Waals surface area contributed by atoms with Crippen molar-refractivity contribution in [3.8, 4) is 0 Å². The lowest BCUT2D eigenvalue weighted by molar-refractivity contribution is 0.105. The number of allylic oxidation sites excluding steroid dienone is 1. The molecule has 1 N–H and O–H groups in total. The second-order valence-corrected chi connectivity index (χ2v) is 5.09. The number of rotatable bonds is 4. The van der Waals surface area contributed by atoms with Crippen LogP contribution in [0.2, 0.25) is 0 Å². The zero-order valence-electron chi connectivity index (χ0n) is 10.4. The molecule has 0 atom stereocenters. The van der Waals surface area contributed by atoms with E-state index in [0.717, 1.165) is 10.6 Å². The number of nitrogens with one attached hydrogen (secondary N) is 1. The molecule has 92 valence electrons. The minimum atomic E-state index is 0.0299.